The average molecular weight is 252 g/mol. The Morgan fingerprint density at radius 1 is 1.65 bits per heavy atom. The summed E-state index contributed by atoms with van der Waals surface area (Å²) in [5.41, 5.74) is 0.821. The molecule has 2 N–H and O–H groups in total. The third-order valence-corrected chi connectivity index (χ3v) is 2.63. The molecule has 0 heterocycles. The summed E-state index contributed by atoms with van der Waals surface area (Å²) in [5, 5.41) is 12.2. The van der Waals surface area contributed by atoms with E-state index in [0.717, 1.165) is 18.5 Å². The monoisotopic (exact) mass is 251 g/mol. The van der Waals surface area contributed by atoms with Gasteiger partial charge in [0.15, 0.2) is 0 Å². The Kier molecular flexibility index (Phi) is 4.86. The SMILES string of the molecule is C#CC(CCC)Nc1ccc(C(=O)O)c(Cl)c1. The molecule has 0 bridgehead atoms. The van der Waals surface area contributed by atoms with Gasteiger partial charge in [0.1, 0.15) is 0 Å². The second-order valence-corrected chi connectivity index (χ2v) is 4.06. The summed E-state index contributed by atoms with van der Waals surface area (Å²) in [6.45, 7) is 2.05. The van der Waals surface area contributed by atoms with Crippen LogP contribution < -0.4 is 5.32 Å². The number of rotatable bonds is 5. The van der Waals surface area contributed by atoms with E-state index in [2.05, 4.69) is 11.2 Å². The Labute approximate surface area is 106 Å². The van der Waals surface area contributed by atoms with Crippen LogP contribution in [0, 0.1) is 12.3 Å². The summed E-state index contributed by atoms with van der Waals surface area (Å²) in [5.74, 6) is 1.60. The molecule has 0 aromatic heterocycles. The minimum absolute atomic E-state index is 0.0632. The molecule has 0 radical (unpaired) electrons. The number of halogens is 1. The summed E-state index contributed by atoms with van der Waals surface area (Å²) in [7, 11) is 0. The maximum atomic E-state index is 10.8. The zero-order valence-corrected chi connectivity index (χ0v) is 10.3. The molecule has 4 heteroatoms. The fourth-order valence-corrected chi connectivity index (χ4v) is 1.73. The van der Waals surface area contributed by atoms with Gasteiger partial charge < -0.3 is 10.4 Å². The van der Waals surface area contributed by atoms with E-state index in [0.29, 0.717) is 0 Å². The van der Waals surface area contributed by atoms with Crippen LogP contribution in [-0.2, 0) is 0 Å². The van der Waals surface area contributed by atoms with Gasteiger partial charge in [-0.25, -0.2) is 4.79 Å². The number of hydrogen-bond acceptors (Lipinski definition) is 2. The standard InChI is InChI=1S/C13H14ClNO2/c1-3-5-9(4-2)15-10-6-7-11(13(16)17)12(14)8-10/h2,6-9,15H,3,5H2,1H3,(H,16,17). The lowest BCUT2D eigenvalue weighted by Crippen LogP contribution is -2.16. The first-order chi connectivity index (χ1) is 8.08. The smallest absolute Gasteiger partial charge is 0.337 e. The van der Waals surface area contributed by atoms with Gasteiger partial charge in [-0.15, -0.1) is 6.42 Å². The number of aromatic carboxylic acids is 1. The number of carboxylic acid groups (broad SMARTS) is 1. The minimum Gasteiger partial charge on any atom is -0.478 e. The van der Waals surface area contributed by atoms with Crippen molar-refractivity contribution in [3.05, 3.63) is 28.8 Å². The molecular formula is C13H14ClNO2. The van der Waals surface area contributed by atoms with Crippen LogP contribution in [0.2, 0.25) is 5.02 Å². The first-order valence-electron chi connectivity index (χ1n) is 5.34. The normalized spacial score (nSPS) is 11.6. The number of anilines is 1. The van der Waals surface area contributed by atoms with Gasteiger partial charge in [-0.2, -0.15) is 0 Å². The topological polar surface area (TPSA) is 49.3 Å². The average Bonchev–Trinajstić information content (AvgIpc) is 2.28. The van der Waals surface area contributed by atoms with Crippen LogP contribution in [0.3, 0.4) is 0 Å². The van der Waals surface area contributed by atoms with Gasteiger partial charge in [-0.1, -0.05) is 30.9 Å². The van der Waals surface area contributed by atoms with Gasteiger partial charge in [0.2, 0.25) is 0 Å². The fourth-order valence-electron chi connectivity index (χ4n) is 1.47. The molecule has 3 nitrogen and oxygen atoms in total. The molecule has 0 aliphatic carbocycles. The van der Waals surface area contributed by atoms with Gasteiger partial charge in [0.25, 0.3) is 0 Å². The number of carbonyl (C=O) groups is 1. The molecule has 0 saturated carbocycles. The second-order valence-electron chi connectivity index (χ2n) is 3.65. The van der Waals surface area contributed by atoms with Gasteiger partial charge >= 0.3 is 5.97 Å². The van der Waals surface area contributed by atoms with Crippen molar-refractivity contribution in [2.24, 2.45) is 0 Å². The summed E-state index contributed by atoms with van der Waals surface area (Å²) >= 11 is 5.86. The van der Waals surface area contributed by atoms with Gasteiger partial charge in [0.05, 0.1) is 16.6 Å². The summed E-state index contributed by atoms with van der Waals surface area (Å²) in [4.78, 5) is 10.8. The Morgan fingerprint density at radius 2 is 2.35 bits per heavy atom. The molecule has 17 heavy (non-hydrogen) atoms. The molecule has 90 valence electrons. The molecule has 1 aromatic carbocycles. The number of hydrogen-bond donors (Lipinski definition) is 2. The predicted octanol–water partition coefficient (Wildman–Crippen LogP) is 3.25. The van der Waals surface area contributed by atoms with Gasteiger partial charge in [-0.3, -0.25) is 0 Å². The van der Waals surface area contributed by atoms with Crippen molar-refractivity contribution in [1.82, 2.24) is 0 Å². The maximum Gasteiger partial charge on any atom is 0.337 e. The van der Waals surface area contributed by atoms with Gasteiger partial charge in [0, 0.05) is 5.69 Å². The molecule has 0 aliphatic heterocycles. The van der Waals surface area contributed by atoms with Crippen molar-refractivity contribution in [3.63, 3.8) is 0 Å². The van der Waals surface area contributed by atoms with Crippen LogP contribution in [0.1, 0.15) is 30.1 Å². The van der Waals surface area contributed by atoms with Crippen molar-refractivity contribution < 1.29 is 9.90 Å². The van der Waals surface area contributed by atoms with Crippen LogP contribution in [0.25, 0.3) is 0 Å². The molecule has 0 aliphatic rings. The maximum absolute atomic E-state index is 10.8. The first kappa shape index (κ1) is 13.4. The summed E-state index contributed by atoms with van der Waals surface area (Å²) < 4.78 is 0. The molecule has 1 aromatic rings. The minimum atomic E-state index is -1.04. The molecule has 0 spiro atoms. The van der Waals surface area contributed by atoms with Crippen molar-refractivity contribution in [1.29, 1.82) is 0 Å². The van der Waals surface area contributed by atoms with Crippen molar-refractivity contribution in [3.8, 4) is 12.3 Å². The highest BCUT2D eigenvalue weighted by molar-refractivity contribution is 6.33. The zero-order chi connectivity index (χ0) is 12.8. The van der Waals surface area contributed by atoms with Crippen molar-refractivity contribution >= 4 is 23.3 Å². The molecule has 1 rings (SSSR count). The van der Waals surface area contributed by atoms with E-state index in [1.165, 1.54) is 6.07 Å². The molecular weight excluding hydrogens is 238 g/mol. The van der Waals surface area contributed by atoms with E-state index in [1.54, 1.807) is 12.1 Å². The van der Waals surface area contributed by atoms with Crippen LogP contribution in [0.5, 0.6) is 0 Å². The highest BCUT2D eigenvalue weighted by atomic mass is 35.5. The number of terminal acetylenes is 1. The van der Waals surface area contributed by atoms with E-state index in [1.807, 2.05) is 6.92 Å². The number of nitrogens with one attached hydrogen (secondary N) is 1. The van der Waals surface area contributed by atoms with Crippen LogP contribution >= 0.6 is 11.6 Å². The number of carboxylic acids is 1. The highest BCUT2D eigenvalue weighted by Gasteiger charge is 2.10. The lowest BCUT2D eigenvalue weighted by Gasteiger charge is -2.14. The Morgan fingerprint density at radius 3 is 2.82 bits per heavy atom. The third-order valence-electron chi connectivity index (χ3n) is 2.32. The lowest BCUT2D eigenvalue weighted by atomic mass is 10.1. The summed E-state index contributed by atoms with van der Waals surface area (Å²) in [6, 6.07) is 4.64. The third kappa shape index (κ3) is 3.69. The predicted molar refractivity (Wildman–Crippen MR) is 69.6 cm³/mol. The van der Waals surface area contributed by atoms with E-state index < -0.39 is 5.97 Å². The van der Waals surface area contributed by atoms with Crippen LogP contribution in [0.4, 0.5) is 5.69 Å². The van der Waals surface area contributed by atoms with E-state index in [4.69, 9.17) is 23.1 Å². The fraction of sp³-hybridized carbons (Fsp3) is 0.308. The van der Waals surface area contributed by atoms with E-state index in [-0.39, 0.29) is 16.6 Å². The molecule has 1 atom stereocenters. The van der Waals surface area contributed by atoms with Crippen LogP contribution in [-0.4, -0.2) is 17.1 Å². The Hall–Kier alpha value is -1.66. The quantitative estimate of drug-likeness (QED) is 0.790. The van der Waals surface area contributed by atoms with Crippen molar-refractivity contribution in [2.45, 2.75) is 25.8 Å². The van der Waals surface area contributed by atoms with Crippen LogP contribution in [0.15, 0.2) is 18.2 Å². The summed E-state index contributed by atoms with van der Waals surface area (Å²) in [6.07, 6.45) is 7.21. The van der Waals surface area contributed by atoms with Gasteiger partial charge in [-0.05, 0) is 24.6 Å². The zero-order valence-electron chi connectivity index (χ0n) is 9.53. The molecule has 1 unspecified atom stereocenters. The van der Waals surface area contributed by atoms with Crippen molar-refractivity contribution in [2.75, 3.05) is 5.32 Å². The molecule has 0 saturated heterocycles. The largest absolute Gasteiger partial charge is 0.478 e. The Bertz CT molecular complexity index is 451. The highest BCUT2D eigenvalue weighted by Crippen LogP contribution is 2.21. The second kappa shape index (κ2) is 6.17. The lowest BCUT2D eigenvalue weighted by molar-refractivity contribution is 0.0697. The van der Waals surface area contributed by atoms with E-state index >= 15 is 0 Å². The van der Waals surface area contributed by atoms with E-state index in [9.17, 15) is 4.79 Å². The Balaban J connectivity index is 2.84. The molecule has 0 amide bonds. The molecule has 0 fully saturated rings. The number of benzene rings is 1. The first-order valence-corrected chi connectivity index (χ1v) is 5.71.